The van der Waals surface area contributed by atoms with Crippen molar-refractivity contribution in [2.75, 3.05) is 0 Å². The van der Waals surface area contributed by atoms with Gasteiger partial charge in [0.25, 0.3) is 0 Å². The molecular formula is C16H22ClN3. The average molecular weight is 292 g/mol. The molecule has 3 nitrogen and oxygen atoms in total. The van der Waals surface area contributed by atoms with Crippen LogP contribution in [0.1, 0.15) is 56.6 Å². The molecule has 1 aliphatic rings. The van der Waals surface area contributed by atoms with Crippen molar-refractivity contribution in [1.82, 2.24) is 14.5 Å². The summed E-state index contributed by atoms with van der Waals surface area (Å²) >= 11 is 6.12. The van der Waals surface area contributed by atoms with Gasteiger partial charge in [-0.2, -0.15) is 0 Å². The zero-order valence-electron chi connectivity index (χ0n) is 12.3. The second kappa shape index (κ2) is 5.72. The highest BCUT2D eigenvalue weighted by Crippen LogP contribution is 2.33. The number of rotatable bonds is 2. The summed E-state index contributed by atoms with van der Waals surface area (Å²) in [6.45, 7) is 4.39. The van der Waals surface area contributed by atoms with E-state index in [2.05, 4.69) is 22.5 Å². The fourth-order valence-corrected chi connectivity index (χ4v) is 3.51. The number of alkyl halides is 1. The van der Waals surface area contributed by atoms with Gasteiger partial charge in [-0.15, -0.1) is 11.6 Å². The van der Waals surface area contributed by atoms with Crippen LogP contribution in [0.25, 0.3) is 11.2 Å². The number of nitrogens with zero attached hydrogens (tertiary/aromatic N) is 3. The number of aryl methyl sites for hydroxylation is 1. The van der Waals surface area contributed by atoms with Crippen LogP contribution in [0, 0.1) is 12.8 Å². The number of hydrogen-bond acceptors (Lipinski definition) is 2. The molecule has 20 heavy (non-hydrogen) atoms. The van der Waals surface area contributed by atoms with Gasteiger partial charge >= 0.3 is 0 Å². The van der Waals surface area contributed by atoms with Crippen LogP contribution in [0.5, 0.6) is 0 Å². The summed E-state index contributed by atoms with van der Waals surface area (Å²) in [5, 5.41) is 0. The van der Waals surface area contributed by atoms with Gasteiger partial charge in [0.15, 0.2) is 5.65 Å². The summed E-state index contributed by atoms with van der Waals surface area (Å²) in [7, 11) is 0. The normalized spacial score (nSPS) is 23.9. The molecule has 0 N–H and O–H groups in total. The molecule has 0 aromatic carbocycles. The third kappa shape index (κ3) is 2.56. The van der Waals surface area contributed by atoms with Gasteiger partial charge in [0.05, 0.1) is 5.88 Å². The Bertz CT molecular complexity index is 605. The number of hydrogen-bond donors (Lipinski definition) is 0. The van der Waals surface area contributed by atoms with E-state index in [0.717, 1.165) is 28.6 Å². The van der Waals surface area contributed by atoms with Crippen molar-refractivity contribution in [3.05, 3.63) is 23.7 Å². The maximum Gasteiger partial charge on any atom is 0.160 e. The van der Waals surface area contributed by atoms with E-state index in [1.165, 1.54) is 32.1 Å². The maximum atomic E-state index is 6.12. The molecule has 1 aliphatic carbocycles. The molecule has 2 aromatic heterocycles. The molecule has 2 aromatic rings. The number of pyridine rings is 1. The first kappa shape index (κ1) is 13.9. The van der Waals surface area contributed by atoms with Crippen LogP contribution >= 0.6 is 11.6 Å². The standard InChI is InChI=1S/C16H22ClN3/c1-11-4-3-5-13(8-6-11)20-15(10-17)19-14-9-7-12(2)18-16(14)20/h7,9,11,13H,3-6,8,10H2,1-2H3. The Hall–Kier alpha value is -1.09. The first-order chi connectivity index (χ1) is 9.69. The Labute approximate surface area is 125 Å². The predicted molar refractivity (Wildman–Crippen MR) is 83.1 cm³/mol. The largest absolute Gasteiger partial charge is 0.309 e. The number of fused-ring (bicyclic) bond motifs is 1. The van der Waals surface area contributed by atoms with Crippen LogP contribution < -0.4 is 0 Å². The highest BCUT2D eigenvalue weighted by molar-refractivity contribution is 6.16. The summed E-state index contributed by atoms with van der Waals surface area (Å²) in [5.41, 5.74) is 3.03. The van der Waals surface area contributed by atoms with Crippen LogP contribution in [0.3, 0.4) is 0 Å². The molecule has 0 saturated heterocycles. The van der Waals surface area contributed by atoms with Crippen molar-refractivity contribution in [3.8, 4) is 0 Å². The van der Waals surface area contributed by atoms with Crippen molar-refractivity contribution in [2.24, 2.45) is 5.92 Å². The van der Waals surface area contributed by atoms with Crippen LogP contribution in [0.15, 0.2) is 12.1 Å². The van der Waals surface area contributed by atoms with Crippen molar-refractivity contribution in [1.29, 1.82) is 0 Å². The molecule has 0 spiro atoms. The minimum atomic E-state index is 0.460. The molecule has 0 bridgehead atoms. The van der Waals surface area contributed by atoms with E-state index in [1.807, 2.05) is 13.0 Å². The molecule has 3 rings (SSSR count). The zero-order valence-corrected chi connectivity index (χ0v) is 13.0. The number of aromatic nitrogens is 3. The van der Waals surface area contributed by atoms with Gasteiger partial charge in [-0.25, -0.2) is 9.97 Å². The third-order valence-electron chi connectivity index (χ3n) is 4.46. The third-order valence-corrected chi connectivity index (χ3v) is 4.70. The smallest absolute Gasteiger partial charge is 0.160 e. The highest BCUT2D eigenvalue weighted by Gasteiger charge is 2.22. The fraction of sp³-hybridized carbons (Fsp3) is 0.625. The van der Waals surface area contributed by atoms with E-state index in [4.69, 9.17) is 16.6 Å². The molecule has 0 aliphatic heterocycles. The van der Waals surface area contributed by atoms with Gasteiger partial charge in [-0.3, -0.25) is 0 Å². The molecule has 2 atom stereocenters. The lowest BCUT2D eigenvalue weighted by Gasteiger charge is -2.19. The summed E-state index contributed by atoms with van der Waals surface area (Å²) in [6.07, 6.45) is 6.35. The van der Waals surface area contributed by atoms with E-state index in [-0.39, 0.29) is 0 Å². The molecule has 4 heteroatoms. The van der Waals surface area contributed by atoms with Crippen molar-refractivity contribution >= 4 is 22.8 Å². The van der Waals surface area contributed by atoms with Gasteiger partial charge in [0.2, 0.25) is 0 Å². The molecule has 0 amide bonds. The van der Waals surface area contributed by atoms with Gasteiger partial charge in [-0.1, -0.05) is 19.8 Å². The Morgan fingerprint density at radius 1 is 1.20 bits per heavy atom. The molecule has 2 heterocycles. The Balaban J connectivity index is 2.06. The SMILES string of the molecule is Cc1ccc2nc(CCl)n(C3CCCC(C)CC3)c2n1. The summed E-state index contributed by atoms with van der Waals surface area (Å²) < 4.78 is 2.31. The maximum absolute atomic E-state index is 6.12. The lowest BCUT2D eigenvalue weighted by Crippen LogP contribution is -2.12. The zero-order chi connectivity index (χ0) is 14.1. The molecule has 1 fully saturated rings. The van der Waals surface area contributed by atoms with Crippen LogP contribution in [-0.2, 0) is 5.88 Å². The Morgan fingerprint density at radius 3 is 2.85 bits per heavy atom. The minimum Gasteiger partial charge on any atom is -0.309 e. The lowest BCUT2D eigenvalue weighted by molar-refractivity contribution is 0.431. The topological polar surface area (TPSA) is 30.7 Å². The first-order valence-corrected chi connectivity index (χ1v) is 8.13. The summed E-state index contributed by atoms with van der Waals surface area (Å²) in [4.78, 5) is 9.38. The predicted octanol–water partition coefficient (Wildman–Crippen LogP) is 4.62. The fourth-order valence-electron chi connectivity index (χ4n) is 3.32. The van der Waals surface area contributed by atoms with Crippen LogP contribution in [0.4, 0.5) is 0 Å². The number of imidazole rings is 1. The van der Waals surface area contributed by atoms with E-state index in [9.17, 15) is 0 Å². The van der Waals surface area contributed by atoms with Crippen LogP contribution in [0.2, 0.25) is 0 Å². The summed E-state index contributed by atoms with van der Waals surface area (Å²) in [6, 6.07) is 4.59. The first-order valence-electron chi connectivity index (χ1n) is 7.59. The lowest BCUT2D eigenvalue weighted by atomic mass is 10.0. The van der Waals surface area contributed by atoms with E-state index < -0.39 is 0 Å². The van der Waals surface area contributed by atoms with Gasteiger partial charge in [0.1, 0.15) is 11.3 Å². The molecular weight excluding hydrogens is 270 g/mol. The van der Waals surface area contributed by atoms with Gasteiger partial charge in [-0.05, 0) is 44.2 Å². The van der Waals surface area contributed by atoms with Gasteiger partial charge in [0, 0.05) is 11.7 Å². The molecule has 0 radical (unpaired) electrons. The van der Waals surface area contributed by atoms with E-state index in [1.54, 1.807) is 0 Å². The molecule has 1 saturated carbocycles. The highest BCUT2D eigenvalue weighted by atomic mass is 35.5. The quantitative estimate of drug-likeness (QED) is 0.597. The Morgan fingerprint density at radius 2 is 2.05 bits per heavy atom. The number of halogens is 1. The monoisotopic (exact) mass is 291 g/mol. The minimum absolute atomic E-state index is 0.460. The average Bonchev–Trinajstić information content (AvgIpc) is 2.66. The van der Waals surface area contributed by atoms with Crippen molar-refractivity contribution in [2.45, 2.75) is 57.9 Å². The van der Waals surface area contributed by atoms with Gasteiger partial charge < -0.3 is 4.57 Å². The summed E-state index contributed by atoms with van der Waals surface area (Å²) in [5.74, 6) is 2.27. The Kier molecular flexibility index (Phi) is 3.97. The van der Waals surface area contributed by atoms with Crippen molar-refractivity contribution < 1.29 is 0 Å². The van der Waals surface area contributed by atoms with E-state index in [0.29, 0.717) is 11.9 Å². The molecule has 108 valence electrons. The second-order valence-electron chi connectivity index (χ2n) is 6.09. The van der Waals surface area contributed by atoms with Crippen molar-refractivity contribution in [3.63, 3.8) is 0 Å². The molecule has 2 unspecified atom stereocenters. The van der Waals surface area contributed by atoms with Crippen LogP contribution in [-0.4, -0.2) is 14.5 Å². The van der Waals surface area contributed by atoms with E-state index >= 15 is 0 Å². The second-order valence-corrected chi connectivity index (χ2v) is 6.36.